The topological polar surface area (TPSA) is 256 Å². The van der Waals surface area contributed by atoms with E-state index in [0.717, 1.165) is 38.5 Å². The summed E-state index contributed by atoms with van der Waals surface area (Å²) in [4.78, 5) is 12.3. The number of fused-ring (bicyclic) bond motifs is 9. The molecule has 5 unspecified atom stereocenters. The molecular weight excluding hydrogens is 800 g/mol. The number of carboxylic acids is 1. The van der Waals surface area contributed by atoms with Gasteiger partial charge in [0.2, 0.25) is 0 Å². The van der Waals surface area contributed by atoms with Crippen LogP contribution < -0.4 is 0 Å². The average Bonchev–Trinajstić information content (AvgIpc) is 3.96. The summed E-state index contributed by atoms with van der Waals surface area (Å²) in [6.07, 6.45) is -14.3. The lowest BCUT2D eigenvalue weighted by atomic mass is 9.47. The highest BCUT2D eigenvalue weighted by molar-refractivity contribution is 5.73. The Morgan fingerprint density at radius 3 is 2.15 bits per heavy atom. The van der Waals surface area contributed by atoms with Crippen molar-refractivity contribution in [3.63, 3.8) is 0 Å². The molecule has 346 valence electrons. The first-order valence-corrected chi connectivity index (χ1v) is 22.8. The van der Waals surface area contributed by atoms with E-state index < -0.39 is 111 Å². The van der Waals surface area contributed by atoms with Crippen LogP contribution in [0.5, 0.6) is 0 Å². The first-order chi connectivity index (χ1) is 29.0. The number of ether oxygens (including phenoxy) is 8. The largest absolute Gasteiger partial charge is 0.479 e. The van der Waals surface area contributed by atoms with Crippen molar-refractivity contribution in [2.75, 3.05) is 13.2 Å². The molecule has 0 aromatic carbocycles. The van der Waals surface area contributed by atoms with Gasteiger partial charge in [-0.3, -0.25) is 0 Å². The van der Waals surface area contributed by atoms with Gasteiger partial charge in [0.15, 0.2) is 25.0 Å². The smallest absolute Gasteiger partial charge is 0.335 e. The maximum Gasteiger partial charge on any atom is 0.335 e. The second kappa shape index (κ2) is 16.8. The van der Waals surface area contributed by atoms with Crippen LogP contribution in [0.25, 0.3) is 0 Å². The molecule has 5 heterocycles. The van der Waals surface area contributed by atoms with Crippen LogP contribution in [0.4, 0.5) is 0 Å². The maximum absolute atomic E-state index is 12.3. The summed E-state index contributed by atoms with van der Waals surface area (Å²) in [5, 5.41) is 87.5. The molecule has 9 aliphatic rings. The molecule has 4 bridgehead atoms. The van der Waals surface area contributed by atoms with Gasteiger partial charge in [-0.25, -0.2) is 4.79 Å². The maximum atomic E-state index is 12.3. The van der Waals surface area contributed by atoms with E-state index in [1.165, 1.54) is 5.57 Å². The van der Waals surface area contributed by atoms with Crippen LogP contribution in [0.15, 0.2) is 11.6 Å². The van der Waals surface area contributed by atoms with Crippen LogP contribution in [0.1, 0.15) is 86.0 Å². The molecular formula is C44H68O17. The predicted molar refractivity (Wildman–Crippen MR) is 209 cm³/mol. The lowest BCUT2D eigenvalue weighted by Gasteiger charge is -2.60. The Morgan fingerprint density at radius 2 is 1.41 bits per heavy atom. The van der Waals surface area contributed by atoms with Gasteiger partial charge >= 0.3 is 5.97 Å². The van der Waals surface area contributed by atoms with Crippen molar-refractivity contribution in [2.45, 2.75) is 196 Å². The SMILES string of the molecule is CCC(C)[C@@H]1O[C@H]1C(C)[C@H]1CCC2C3=C[C@H]4OC[C@@H]5O[C@@H](O[C@H]6[C@@H](OC[C@H](O)[C@@H]6O)O[C@H]6[C@H](O[C@H]7CC[C@](C)(C3CC[C@@]21C)C4C7)O[C@H](C(=O)O)[C@@H](O)[C@@H]6O)[C@H](O)[C@@H](O)[C@H]5O. The molecule has 9 rings (SSSR count). The van der Waals surface area contributed by atoms with E-state index in [1.807, 2.05) is 0 Å². The number of aliphatic hydroxyl groups excluding tert-OH is 7. The van der Waals surface area contributed by atoms with Gasteiger partial charge in [0.25, 0.3) is 0 Å². The third-order valence-corrected chi connectivity index (χ3v) is 17.3. The van der Waals surface area contributed by atoms with Gasteiger partial charge in [-0.05, 0) is 91.3 Å². The van der Waals surface area contributed by atoms with Crippen LogP contribution in [-0.4, -0.2) is 170 Å². The van der Waals surface area contributed by atoms with E-state index in [4.69, 9.17) is 37.9 Å². The van der Waals surface area contributed by atoms with E-state index in [-0.39, 0.29) is 35.4 Å². The van der Waals surface area contributed by atoms with E-state index in [1.54, 1.807) is 0 Å². The van der Waals surface area contributed by atoms with E-state index in [0.29, 0.717) is 42.6 Å². The highest BCUT2D eigenvalue weighted by atomic mass is 16.8. The standard InChI is InChI=1S/C44H68O17/c1-6-17(2)34-35(58-34)18(3)21-7-8-22-20-14-26-24-13-19(9-11-44(24,5)23(20)10-12-43(21,22)4)56-42-38(32(50)31(49)36(59-42)39(52)53)61-41-37(28(46)25(45)15-55-41)60-40-33(51)30(48)29(47)27(57-40)16-54-26/h14,17-19,21-38,40-42,45-51H,6-13,15-16H2,1-5H3,(H,52,53)/t17?,18?,19-,21+,22?,23?,24?,25-,26+,27-,28-,29-,30-,31-,32-,33+,34-,35-,36-,37+,38+,40-,41-,42+,43+,44+/m0/s1. The van der Waals surface area contributed by atoms with Crippen molar-refractivity contribution < 1.29 is 83.5 Å². The van der Waals surface area contributed by atoms with Gasteiger partial charge in [-0.2, -0.15) is 0 Å². The molecule has 26 atom stereocenters. The fourth-order valence-corrected chi connectivity index (χ4v) is 13.4. The number of carbonyl (C=O) groups is 1. The number of hydrogen-bond donors (Lipinski definition) is 8. The van der Waals surface area contributed by atoms with Crippen LogP contribution >= 0.6 is 0 Å². The molecule has 4 aliphatic carbocycles. The van der Waals surface area contributed by atoms with Crippen molar-refractivity contribution in [1.29, 1.82) is 0 Å². The number of aliphatic carboxylic acids is 1. The minimum atomic E-state index is -1.95. The Bertz CT molecular complexity index is 1630. The quantitative estimate of drug-likeness (QED) is 0.139. The molecule has 0 aromatic rings. The minimum Gasteiger partial charge on any atom is -0.479 e. The predicted octanol–water partition coefficient (Wildman–Crippen LogP) is 0.596. The summed E-state index contributed by atoms with van der Waals surface area (Å²) >= 11 is 0. The van der Waals surface area contributed by atoms with Crippen LogP contribution in [0.2, 0.25) is 0 Å². The second-order valence-corrected chi connectivity index (χ2v) is 20.5. The number of aliphatic hydroxyl groups is 7. The van der Waals surface area contributed by atoms with Gasteiger partial charge in [-0.15, -0.1) is 0 Å². The van der Waals surface area contributed by atoms with Crippen molar-refractivity contribution in [3.8, 4) is 0 Å². The number of rotatable bonds is 5. The summed E-state index contributed by atoms with van der Waals surface area (Å²) in [5.41, 5.74) is 1.23. The molecule has 61 heavy (non-hydrogen) atoms. The number of hydrogen-bond acceptors (Lipinski definition) is 16. The van der Waals surface area contributed by atoms with Gasteiger partial charge in [0.1, 0.15) is 61.0 Å². The van der Waals surface area contributed by atoms with Gasteiger partial charge in [-0.1, -0.05) is 52.7 Å². The Labute approximate surface area is 356 Å². The number of epoxide rings is 1. The van der Waals surface area contributed by atoms with Crippen LogP contribution in [-0.2, 0) is 42.7 Å². The molecule has 17 nitrogen and oxygen atoms in total. The normalized spacial score (nSPS) is 55.7. The Kier molecular flexibility index (Phi) is 12.3. The highest BCUT2D eigenvalue weighted by Gasteiger charge is 2.63. The van der Waals surface area contributed by atoms with Gasteiger partial charge in [0.05, 0.1) is 37.6 Å². The van der Waals surface area contributed by atoms with Crippen molar-refractivity contribution in [1.82, 2.24) is 0 Å². The van der Waals surface area contributed by atoms with E-state index in [9.17, 15) is 45.6 Å². The molecule has 0 spiro atoms. The summed E-state index contributed by atoms with van der Waals surface area (Å²) in [6, 6.07) is 0. The fraction of sp³-hybridized carbons (Fsp3) is 0.932. The lowest BCUT2D eigenvalue weighted by molar-refractivity contribution is -0.386. The summed E-state index contributed by atoms with van der Waals surface area (Å²) in [5.74, 6) is 0.416. The third-order valence-electron chi connectivity index (χ3n) is 17.3. The van der Waals surface area contributed by atoms with Crippen LogP contribution in [0, 0.1) is 46.3 Å². The zero-order valence-corrected chi connectivity index (χ0v) is 35.8. The molecule has 5 aliphatic heterocycles. The van der Waals surface area contributed by atoms with E-state index >= 15 is 0 Å². The molecule has 5 saturated heterocycles. The monoisotopic (exact) mass is 868 g/mol. The molecule has 0 amide bonds. The lowest BCUT2D eigenvalue weighted by Crippen LogP contribution is -2.66. The number of allylic oxidation sites excluding steroid dienone is 1. The molecule has 3 saturated carbocycles. The first-order valence-electron chi connectivity index (χ1n) is 22.8. The Hall–Kier alpha value is -1.39. The van der Waals surface area contributed by atoms with Crippen molar-refractivity contribution in [3.05, 3.63) is 11.6 Å². The Morgan fingerprint density at radius 1 is 0.705 bits per heavy atom. The second-order valence-electron chi connectivity index (χ2n) is 20.5. The average molecular weight is 869 g/mol. The van der Waals surface area contributed by atoms with Crippen molar-refractivity contribution >= 4 is 5.97 Å². The van der Waals surface area contributed by atoms with Gasteiger partial charge < -0.3 is 78.7 Å². The van der Waals surface area contributed by atoms with Crippen molar-refractivity contribution in [2.24, 2.45) is 46.3 Å². The molecule has 8 fully saturated rings. The minimum absolute atomic E-state index is 0.0707. The molecule has 17 heteroatoms. The zero-order valence-electron chi connectivity index (χ0n) is 35.8. The summed E-state index contributed by atoms with van der Waals surface area (Å²) < 4.78 is 49.6. The molecule has 8 N–H and O–H groups in total. The fourth-order valence-electron chi connectivity index (χ4n) is 13.4. The number of carboxylic acid groups (broad SMARTS) is 1. The van der Waals surface area contributed by atoms with Gasteiger partial charge in [0, 0.05) is 0 Å². The molecule has 0 radical (unpaired) electrons. The van der Waals surface area contributed by atoms with E-state index in [2.05, 4.69) is 40.7 Å². The highest BCUT2D eigenvalue weighted by Crippen LogP contribution is 2.68. The Balaban J connectivity index is 1.06. The first kappa shape index (κ1) is 44.8. The zero-order chi connectivity index (χ0) is 43.4. The summed E-state index contributed by atoms with van der Waals surface area (Å²) in [6.45, 7) is 11.0. The molecule has 0 aromatic heterocycles. The van der Waals surface area contributed by atoms with Crippen LogP contribution in [0.3, 0.4) is 0 Å². The summed E-state index contributed by atoms with van der Waals surface area (Å²) in [7, 11) is 0. The third kappa shape index (κ3) is 7.56.